The number of aryl methyl sites for hydroxylation is 1. The van der Waals surface area contributed by atoms with E-state index in [0.29, 0.717) is 53.9 Å². The fraction of sp³-hybridized carbons (Fsp3) is 0.261. The van der Waals surface area contributed by atoms with Crippen molar-refractivity contribution in [2.45, 2.75) is 20.4 Å². The van der Waals surface area contributed by atoms with Crippen LogP contribution in [0.4, 0.5) is 5.69 Å². The molecule has 2 aromatic carbocycles. The Morgan fingerprint density at radius 3 is 2.58 bits per heavy atom. The maximum absolute atomic E-state index is 12.6. The van der Waals surface area contributed by atoms with Crippen LogP contribution in [0.15, 0.2) is 48.5 Å². The van der Waals surface area contributed by atoms with Crippen LogP contribution in [0, 0.1) is 13.8 Å². The molecule has 1 N–H and O–H groups in total. The molecule has 0 spiro atoms. The Balaban J connectivity index is 1.37. The molecule has 1 aromatic heterocycles. The maximum Gasteiger partial charge on any atom is 0.342 e. The third kappa shape index (κ3) is 4.69. The first kappa shape index (κ1) is 20.5. The number of nitrogens with zero attached hydrogens (tertiary/aromatic N) is 2. The van der Waals surface area contributed by atoms with E-state index in [0.717, 1.165) is 5.56 Å². The highest BCUT2D eigenvalue weighted by Gasteiger charge is 2.21. The number of benzene rings is 2. The topological polar surface area (TPSA) is 91.7 Å². The van der Waals surface area contributed by atoms with E-state index >= 15 is 0 Å². The number of anilines is 1. The summed E-state index contributed by atoms with van der Waals surface area (Å²) in [6.45, 7) is 4.66. The molecule has 0 atom stereocenters. The Hall–Kier alpha value is -3.81. The molecule has 1 amide bonds. The minimum absolute atomic E-state index is 0.378. The molecule has 0 aliphatic carbocycles. The van der Waals surface area contributed by atoms with Gasteiger partial charge in [-0.25, -0.2) is 4.79 Å². The minimum Gasteiger partial charge on any atom is -0.486 e. The molecular weight excluding hydrogens is 398 g/mol. The number of esters is 1. The Labute approximate surface area is 179 Å². The molecule has 0 unspecified atom stereocenters. The number of ether oxygens (including phenoxy) is 3. The van der Waals surface area contributed by atoms with Crippen LogP contribution in [0.2, 0.25) is 0 Å². The number of amides is 1. The van der Waals surface area contributed by atoms with Gasteiger partial charge < -0.3 is 19.5 Å². The van der Waals surface area contributed by atoms with E-state index in [9.17, 15) is 9.59 Å². The summed E-state index contributed by atoms with van der Waals surface area (Å²) in [7, 11) is 0. The molecule has 31 heavy (non-hydrogen) atoms. The summed E-state index contributed by atoms with van der Waals surface area (Å²) in [5, 5.41) is 7.15. The third-order valence-corrected chi connectivity index (χ3v) is 4.92. The van der Waals surface area contributed by atoms with Crippen LogP contribution < -0.4 is 14.8 Å². The summed E-state index contributed by atoms with van der Waals surface area (Å²) in [4.78, 5) is 24.9. The molecule has 8 heteroatoms. The average Bonchev–Trinajstić information content (AvgIpc) is 3.05. The van der Waals surface area contributed by atoms with Crippen molar-refractivity contribution in [2.24, 2.45) is 0 Å². The third-order valence-electron chi connectivity index (χ3n) is 4.92. The van der Waals surface area contributed by atoms with Crippen LogP contribution in [0.1, 0.15) is 27.3 Å². The summed E-state index contributed by atoms with van der Waals surface area (Å²) >= 11 is 0. The Bertz CT molecular complexity index is 1110. The highest BCUT2D eigenvalue weighted by molar-refractivity contribution is 5.96. The molecule has 3 aromatic rings. The van der Waals surface area contributed by atoms with Crippen LogP contribution in [0.3, 0.4) is 0 Å². The molecular formula is C23H23N3O5. The van der Waals surface area contributed by atoms with Gasteiger partial charge in [0.15, 0.2) is 18.1 Å². The van der Waals surface area contributed by atoms with Crippen LogP contribution in [-0.2, 0) is 16.1 Å². The standard InChI is InChI=1S/C23H23N3O5/c1-15-22(16(2)26(25-15)13-17-6-4-3-5-7-17)23(28)31-14-21(27)24-18-8-9-19-20(12-18)30-11-10-29-19/h3-9,12H,10-11,13-14H2,1-2H3,(H,24,27). The number of aromatic nitrogens is 2. The number of hydrogen-bond acceptors (Lipinski definition) is 6. The van der Waals surface area contributed by atoms with Crippen molar-refractivity contribution in [3.05, 3.63) is 71.0 Å². The van der Waals surface area contributed by atoms with Crippen molar-refractivity contribution in [3.8, 4) is 11.5 Å². The zero-order valence-electron chi connectivity index (χ0n) is 17.4. The Morgan fingerprint density at radius 2 is 1.81 bits per heavy atom. The van der Waals surface area contributed by atoms with Crippen molar-refractivity contribution >= 4 is 17.6 Å². The normalized spacial score (nSPS) is 12.3. The van der Waals surface area contributed by atoms with E-state index in [1.54, 1.807) is 29.8 Å². The van der Waals surface area contributed by atoms with E-state index in [2.05, 4.69) is 10.4 Å². The Kier molecular flexibility index (Phi) is 5.88. The van der Waals surface area contributed by atoms with E-state index in [1.165, 1.54) is 0 Å². The predicted octanol–water partition coefficient (Wildman–Crippen LogP) is 3.11. The van der Waals surface area contributed by atoms with Gasteiger partial charge in [-0.1, -0.05) is 30.3 Å². The lowest BCUT2D eigenvalue weighted by atomic mass is 10.2. The molecule has 0 saturated heterocycles. The van der Waals surface area contributed by atoms with Gasteiger partial charge in [0.25, 0.3) is 5.91 Å². The van der Waals surface area contributed by atoms with Crippen molar-refractivity contribution < 1.29 is 23.8 Å². The van der Waals surface area contributed by atoms with Gasteiger partial charge in [-0.05, 0) is 31.5 Å². The average molecular weight is 421 g/mol. The van der Waals surface area contributed by atoms with Gasteiger partial charge in [0, 0.05) is 11.8 Å². The first-order valence-electron chi connectivity index (χ1n) is 9.96. The molecule has 0 saturated carbocycles. The second-order valence-electron chi connectivity index (χ2n) is 7.17. The zero-order valence-corrected chi connectivity index (χ0v) is 17.4. The summed E-state index contributed by atoms with van der Waals surface area (Å²) in [6.07, 6.45) is 0. The highest BCUT2D eigenvalue weighted by atomic mass is 16.6. The molecule has 0 fully saturated rings. The van der Waals surface area contributed by atoms with E-state index < -0.39 is 18.5 Å². The number of hydrogen-bond donors (Lipinski definition) is 1. The maximum atomic E-state index is 12.6. The lowest BCUT2D eigenvalue weighted by molar-refractivity contribution is -0.119. The van der Waals surface area contributed by atoms with Crippen LogP contribution in [-0.4, -0.2) is 41.5 Å². The smallest absolute Gasteiger partial charge is 0.342 e. The number of rotatable bonds is 6. The van der Waals surface area contributed by atoms with Gasteiger partial charge in [0.1, 0.15) is 18.8 Å². The van der Waals surface area contributed by atoms with E-state index in [4.69, 9.17) is 14.2 Å². The second kappa shape index (κ2) is 8.91. The van der Waals surface area contributed by atoms with Gasteiger partial charge in [-0.2, -0.15) is 5.10 Å². The summed E-state index contributed by atoms with van der Waals surface area (Å²) < 4.78 is 18.0. The molecule has 2 heterocycles. The first-order chi connectivity index (χ1) is 15.0. The molecule has 8 nitrogen and oxygen atoms in total. The van der Waals surface area contributed by atoms with Gasteiger partial charge in [0.2, 0.25) is 0 Å². The molecule has 0 bridgehead atoms. The number of carbonyl (C=O) groups excluding carboxylic acids is 2. The lowest BCUT2D eigenvalue weighted by Crippen LogP contribution is -2.22. The SMILES string of the molecule is Cc1nn(Cc2ccccc2)c(C)c1C(=O)OCC(=O)Nc1ccc2c(c1)OCCO2. The molecule has 0 radical (unpaired) electrons. The highest BCUT2D eigenvalue weighted by Crippen LogP contribution is 2.32. The number of carbonyl (C=O) groups is 2. The fourth-order valence-electron chi connectivity index (χ4n) is 3.42. The van der Waals surface area contributed by atoms with Gasteiger partial charge in [0.05, 0.1) is 17.9 Å². The van der Waals surface area contributed by atoms with Crippen molar-refractivity contribution in [1.82, 2.24) is 9.78 Å². The predicted molar refractivity (Wildman–Crippen MR) is 114 cm³/mol. The largest absolute Gasteiger partial charge is 0.486 e. The quantitative estimate of drug-likeness (QED) is 0.615. The summed E-state index contributed by atoms with van der Waals surface area (Å²) in [5.74, 6) is 0.177. The summed E-state index contributed by atoms with van der Waals surface area (Å²) in [5.41, 5.74) is 3.24. The molecule has 1 aliphatic heterocycles. The Morgan fingerprint density at radius 1 is 1.06 bits per heavy atom. The van der Waals surface area contributed by atoms with Crippen molar-refractivity contribution in [3.63, 3.8) is 0 Å². The minimum atomic E-state index is -0.577. The number of nitrogens with one attached hydrogen (secondary N) is 1. The monoisotopic (exact) mass is 421 g/mol. The van der Waals surface area contributed by atoms with Gasteiger partial charge >= 0.3 is 5.97 Å². The number of fused-ring (bicyclic) bond motifs is 1. The van der Waals surface area contributed by atoms with Crippen molar-refractivity contribution in [1.29, 1.82) is 0 Å². The van der Waals surface area contributed by atoms with E-state index in [-0.39, 0.29) is 0 Å². The lowest BCUT2D eigenvalue weighted by Gasteiger charge is -2.19. The fourth-order valence-corrected chi connectivity index (χ4v) is 3.42. The van der Waals surface area contributed by atoms with Crippen LogP contribution >= 0.6 is 0 Å². The second-order valence-corrected chi connectivity index (χ2v) is 7.17. The van der Waals surface area contributed by atoms with Crippen LogP contribution in [0.5, 0.6) is 11.5 Å². The zero-order chi connectivity index (χ0) is 21.8. The van der Waals surface area contributed by atoms with Crippen molar-refractivity contribution in [2.75, 3.05) is 25.1 Å². The van der Waals surface area contributed by atoms with Crippen LogP contribution in [0.25, 0.3) is 0 Å². The van der Waals surface area contributed by atoms with E-state index in [1.807, 2.05) is 37.3 Å². The first-order valence-corrected chi connectivity index (χ1v) is 9.96. The van der Waals surface area contributed by atoms with Gasteiger partial charge in [-0.3, -0.25) is 9.48 Å². The molecule has 160 valence electrons. The molecule has 1 aliphatic rings. The summed E-state index contributed by atoms with van der Waals surface area (Å²) in [6, 6.07) is 15.0. The molecule has 4 rings (SSSR count). The van der Waals surface area contributed by atoms with Gasteiger partial charge in [-0.15, -0.1) is 0 Å².